The zero-order valence-corrected chi connectivity index (χ0v) is 9.29. The number of nitrogens with one attached hydrogen (secondary N) is 2. The fourth-order valence-electron chi connectivity index (χ4n) is 1.16. The number of sulfonamides is 1. The molecule has 0 spiro atoms. The van der Waals surface area contributed by atoms with Gasteiger partial charge < -0.3 is 5.41 Å². The largest absolute Gasteiger partial charge is 0.313 e. The molecule has 0 aromatic heterocycles. The van der Waals surface area contributed by atoms with Crippen molar-refractivity contribution in [2.75, 3.05) is 0 Å². The van der Waals surface area contributed by atoms with E-state index >= 15 is 0 Å². The van der Waals surface area contributed by atoms with Crippen LogP contribution in [0.4, 0.5) is 0 Å². The van der Waals surface area contributed by atoms with E-state index in [1.165, 1.54) is 6.21 Å². The van der Waals surface area contributed by atoms with Gasteiger partial charge in [-0.25, -0.2) is 13.1 Å². The van der Waals surface area contributed by atoms with Crippen LogP contribution in [-0.4, -0.2) is 20.7 Å². The molecule has 15 heavy (non-hydrogen) atoms. The molecule has 0 aliphatic heterocycles. The Morgan fingerprint density at radius 1 is 1.40 bits per heavy atom. The van der Waals surface area contributed by atoms with Crippen molar-refractivity contribution >= 4 is 16.2 Å². The third-order valence-corrected chi connectivity index (χ3v) is 3.49. The quantitative estimate of drug-likeness (QED) is 0.745. The highest BCUT2D eigenvalue weighted by Gasteiger charge is 2.15. The Labute approximate surface area is 89.9 Å². The minimum atomic E-state index is -3.44. The van der Waals surface area contributed by atoms with Crippen molar-refractivity contribution in [1.29, 1.82) is 5.41 Å². The molecule has 1 unspecified atom stereocenters. The molecule has 0 aliphatic carbocycles. The highest BCUT2D eigenvalue weighted by atomic mass is 32.2. The maximum absolute atomic E-state index is 11.7. The van der Waals surface area contributed by atoms with E-state index in [9.17, 15) is 8.42 Å². The van der Waals surface area contributed by atoms with Crippen molar-refractivity contribution < 1.29 is 8.42 Å². The summed E-state index contributed by atoms with van der Waals surface area (Å²) < 4.78 is 26.0. The van der Waals surface area contributed by atoms with Crippen LogP contribution >= 0.6 is 0 Å². The van der Waals surface area contributed by atoms with Crippen LogP contribution in [0.5, 0.6) is 0 Å². The molecule has 1 atom stereocenters. The van der Waals surface area contributed by atoms with Gasteiger partial charge in [-0.15, -0.1) is 0 Å². The fourth-order valence-corrected chi connectivity index (χ4v) is 2.43. The van der Waals surface area contributed by atoms with Gasteiger partial charge in [-0.3, -0.25) is 0 Å². The van der Waals surface area contributed by atoms with Gasteiger partial charge in [-0.1, -0.05) is 18.2 Å². The summed E-state index contributed by atoms with van der Waals surface area (Å²) in [5.41, 5.74) is 0. The molecule has 4 nitrogen and oxygen atoms in total. The third kappa shape index (κ3) is 3.45. The van der Waals surface area contributed by atoms with E-state index in [1.807, 2.05) is 0 Å². The number of hydrogen-bond donors (Lipinski definition) is 2. The van der Waals surface area contributed by atoms with E-state index in [4.69, 9.17) is 5.41 Å². The van der Waals surface area contributed by atoms with Crippen molar-refractivity contribution in [2.24, 2.45) is 0 Å². The first-order valence-electron chi connectivity index (χ1n) is 4.62. The second kappa shape index (κ2) is 5.04. The molecular formula is C10H14N2O2S. The summed E-state index contributed by atoms with van der Waals surface area (Å²) >= 11 is 0. The van der Waals surface area contributed by atoms with Gasteiger partial charge in [0.25, 0.3) is 0 Å². The predicted molar refractivity (Wildman–Crippen MR) is 59.6 cm³/mol. The zero-order chi connectivity index (χ0) is 11.3. The van der Waals surface area contributed by atoms with Crippen LogP contribution in [-0.2, 0) is 10.0 Å². The Bertz CT molecular complexity index is 414. The second-order valence-corrected chi connectivity index (χ2v) is 4.99. The summed E-state index contributed by atoms with van der Waals surface area (Å²) in [4.78, 5) is 0.252. The maximum atomic E-state index is 11.7. The first-order chi connectivity index (χ1) is 7.06. The minimum absolute atomic E-state index is 0.252. The highest BCUT2D eigenvalue weighted by Crippen LogP contribution is 2.08. The van der Waals surface area contributed by atoms with Crippen molar-refractivity contribution in [3.05, 3.63) is 30.3 Å². The predicted octanol–water partition coefficient (Wildman–Crippen LogP) is 1.39. The lowest BCUT2D eigenvalue weighted by Gasteiger charge is -2.11. The van der Waals surface area contributed by atoms with Crippen LogP contribution in [0.2, 0.25) is 0 Å². The molecule has 5 heteroatoms. The first-order valence-corrected chi connectivity index (χ1v) is 6.11. The lowest BCUT2D eigenvalue weighted by atomic mass is 10.3. The van der Waals surface area contributed by atoms with Crippen LogP contribution < -0.4 is 4.72 Å². The van der Waals surface area contributed by atoms with Gasteiger partial charge in [-0.2, -0.15) is 0 Å². The molecule has 2 N–H and O–H groups in total. The van der Waals surface area contributed by atoms with Crippen LogP contribution in [0.3, 0.4) is 0 Å². The van der Waals surface area contributed by atoms with Gasteiger partial charge in [-0.05, 0) is 31.7 Å². The molecule has 0 radical (unpaired) electrons. The molecule has 0 bridgehead atoms. The lowest BCUT2D eigenvalue weighted by molar-refractivity contribution is 0.565. The van der Waals surface area contributed by atoms with E-state index in [0.717, 1.165) is 0 Å². The van der Waals surface area contributed by atoms with E-state index in [2.05, 4.69) is 4.72 Å². The van der Waals surface area contributed by atoms with Gasteiger partial charge in [0.1, 0.15) is 0 Å². The third-order valence-electron chi connectivity index (χ3n) is 1.88. The van der Waals surface area contributed by atoms with Gasteiger partial charge in [0.05, 0.1) is 4.90 Å². The van der Waals surface area contributed by atoms with Gasteiger partial charge in [0.15, 0.2) is 0 Å². The Hall–Kier alpha value is -1.20. The average Bonchev–Trinajstić information content (AvgIpc) is 2.18. The van der Waals surface area contributed by atoms with Gasteiger partial charge in [0.2, 0.25) is 10.0 Å². The molecule has 1 aromatic rings. The van der Waals surface area contributed by atoms with Crippen LogP contribution in [0, 0.1) is 5.41 Å². The molecule has 82 valence electrons. The van der Waals surface area contributed by atoms with Crippen LogP contribution in [0.1, 0.15) is 13.3 Å². The van der Waals surface area contributed by atoms with Crippen LogP contribution in [0.15, 0.2) is 35.2 Å². The first kappa shape index (κ1) is 11.9. The molecule has 0 saturated carbocycles. The van der Waals surface area contributed by atoms with Crippen molar-refractivity contribution in [3.8, 4) is 0 Å². The monoisotopic (exact) mass is 226 g/mol. The Morgan fingerprint density at radius 3 is 2.53 bits per heavy atom. The van der Waals surface area contributed by atoms with E-state index < -0.39 is 10.0 Å². The molecular weight excluding hydrogens is 212 g/mol. The topological polar surface area (TPSA) is 70.0 Å². The SMILES string of the molecule is CC(CC=N)NS(=O)(=O)c1ccccc1. The smallest absolute Gasteiger partial charge is 0.240 e. The minimum Gasteiger partial charge on any atom is -0.313 e. The lowest BCUT2D eigenvalue weighted by Crippen LogP contribution is -2.32. The summed E-state index contributed by atoms with van der Waals surface area (Å²) in [6.07, 6.45) is 1.59. The normalized spacial score (nSPS) is 13.4. The van der Waals surface area contributed by atoms with Gasteiger partial charge >= 0.3 is 0 Å². The Balaban J connectivity index is 2.81. The number of hydrogen-bond acceptors (Lipinski definition) is 3. The van der Waals surface area contributed by atoms with E-state index in [0.29, 0.717) is 6.42 Å². The molecule has 1 rings (SSSR count). The molecule has 0 heterocycles. The summed E-state index contributed by atoms with van der Waals surface area (Å²) in [6.45, 7) is 1.73. The fraction of sp³-hybridized carbons (Fsp3) is 0.300. The van der Waals surface area contributed by atoms with Crippen molar-refractivity contribution in [3.63, 3.8) is 0 Å². The maximum Gasteiger partial charge on any atom is 0.240 e. The summed E-state index contributed by atoms with van der Waals surface area (Å²) in [7, 11) is -3.44. The van der Waals surface area contributed by atoms with E-state index in [-0.39, 0.29) is 10.9 Å². The summed E-state index contributed by atoms with van der Waals surface area (Å²) in [5.74, 6) is 0. The average molecular weight is 226 g/mol. The van der Waals surface area contributed by atoms with E-state index in [1.54, 1.807) is 37.3 Å². The van der Waals surface area contributed by atoms with Crippen molar-refractivity contribution in [2.45, 2.75) is 24.3 Å². The number of benzene rings is 1. The Morgan fingerprint density at radius 2 is 2.00 bits per heavy atom. The second-order valence-electron chi connectivity index (χ2n) is 3.28. The Kier molecular flexibility index (Phi) is 3.99. The van der Waals surface area contributed by atoms with Crippen molar-refractivity contribution in [1.82, 2.24) is 4.72 Å². The number of rotatable bonds is 5. The highest BCUT2D eigenvalue weighted by molar-refractivity contribution is 7.89. The summed E-state index contributed by atoms with van der Waals surface area (Å²) in [6, 6.07) is 7.94. The summed E-state index contributed by atoms with van der Waals surface area (Å²) in [5, 5.41) is 6.89. The molecule has 0 saturated heterocycles. The molecule has 0 aliphatic rings. The molecule has 1 aromatic carbocycles. The molecule has 0 amide bonds. The van der Waals surface area contributed by atoms with Gasteiger partial charge in [0, 0.05) is 6.04 Å². The molecule has 0 fully saturated rings. The zero-order valence-electron chi connectivity index (χ0n) is 8.47. The standard InChI is InChI=1S/C10H14N2O2S/c1-9(7-8-11)12-15(13,14)10-5-3-2-4-6-10/h2-6,8-9,11-12H,7H2,1H3. The van der Waals surface area contributed by atoms with Crippen LogP contribution in [0.25, 0.3) is 0 Å².